The van der Waals surface area contributed by atoms with Gasteiger partial charge in [-0.25, -0.2) is 0 Å². The van der Waals surface area contributed by atoms with Gasteiger partial charge < -0.3 is 9.84 Å². The van der Waals surface area contributed by atoms with E-state index >= 15 is 0 Å². The Morgan fingerprint density at radius 3 is 2.58 bits per heavy atom. The molecule has 2 aliphatic rings. The molecule has 2 aliphatic heterocycles. The predicted octanol–water partition coefficient (Wildman–Crippen LogP) is 4.50. The average Bonchev–Trinajstić information content (AvgIpc) is 3.37. The van der Waals surface area contributed by atoms with E-state index in [0.29, 0.717) is 31.3 Å². The van der Waals surface area contributed by atoms with E-state index in [1.807, 2.05) is 30.3 Å². The van der Waals surface area contributed by atoms with Gasteiger partial charge in [0.05, 0.1) is 12.5 Å². The first-order valence-corrected chi connectivity index (χ1v) is 13.3. The van der Waals surface area contributed by atoms with Crippen LogP contribution in [-0.4, -0.2) is 52.0 Å². The van der Waals surface area contributed by atoms with Crippen molar-refractivity contribution in [3.63, 3.8) is 0 Å². The van der Waals surface area contributed by atoms with Gasteiger partial charge in [0.15, 0.2) is 0 Å². The molecule has 2 saturated heterocycles. The van der Waals surface area contributed by atoms with Crippen molar-refractivity contribution < 1.29 is 9.32 Å². The molecule has 2 atom stereocenters. The first-order valence-electron chi connectivity index (χ1n) is 13.3. The van der Waals surface area contributed by atoms with E-state index in [-0.39, 0.29) is 11.8 Å². The number of hydrogen-bond donors (Lipinski definition) is 1. The third-order valence-corrected chi connectivity index (χ3v) is 7.34. The molecule has 7 heteroatoms. The second kappa shape index (κ2) is 11.8. The van der Waals surface area contributed by atoms with Gasteiger partial charge in [-0.3, -0.25) is 14.6 Å². The van der Waals surface area contributed by atoms with Gasteiger partial charge in [-0.15, -0.1) is 0 Å². The van der Waals surface area contributed by atoms with Crippen molar-refractivity contribution in [3.8, 4) is 11.4 Å². The zero-order valence-corrected chi connectivity index (χ0v) is 21.2. The van der Waals surface area contributed by atoms with Crippen molar-refractivity contribution in [2.45, 2.75) is 52.2 Å². The zero-order valence-electron chi connectivity index (χ0n) is 21.2. The number of carbonyl (C=O) groups excluding carboxylic acids is 1. The van der Waals surface area contributed by atoms with Crippen LogP contribution in [-0.2, 0) is 24.4 Å². The maximum absolute atomic E-state index is 13.0. The standard InChI is InChI=1S/C29H37N5O2/c1-22-8-6-14-33(18-22)19-24-10-5-9-23(16-24)17-30-29(35)26-13-7-15-34(20-26)21-27-31-28(32-36-27)25-11-3-2-4-12-25/h2-5,9-12,16,22,26H,6-8,13-15,17-21H2,1H3,(H,30,35). The third kappa shape index (κ3) is 6.59. The number of nitrogens with zero attached hydrogens (tertiary/aromatic N) is 4. The summed E-state index contributed by atoms with van der Waals surface area (Å²) in [5.41, 5.74) is 3.44. The molecule has 0 spiro atoms. The minimum Gasteiger partial charge on any atom is -0.352 e. The van der Waals surface area contributed by atoms with Crippen LogP contribution < -0.4 is 5.32 Å². The summed E-state index contributed by atoms with van der Waals surface area (Å²) in [7, 11) is 0. The molecule has 36 heavy (non-hydrogen) atoms. The smallest absolute Gasteiger partial charge is 0.241 e. The van der Waals surface area contributed by atoms with E-state index < -0.39 is 0 Å². The molecule has 1 amide bonds. The summed E-state index contributed by atoms with van der Waals surface area (Å²) >= 11 is 0. The van der Waals surface area contributed by atoms with Crippen LogP contribution in [0.5, 0.6) is 0 Å². The Balaban J connectivity index is 1.11. The third-order valence-electron chi connectivity index (χ3n) is 7.34. The lowest BCUT2D eigenvalue weighted by atomic mass is 9.97. The fourth-order valence-corrected chi connectivity index (χ4v) is 5.49. The Kier molecular flexibility index (Phi) is 8.08. The summed E-state index contributed by atoms with van der Waals surface area (Å²) in [4.78, 5) is 22.3. The fourth-order valence-electron chi connectivity index (χ4n) is 5.49. The zero-order chi connectivity index (χ0) is 24.7. The summed E-state index contributed by atoms with van der Waals surface area (Å²) in [6.07, 6.45) is 4.52. The monoisotopic (exact) mass is 487 g/mol. The molecule has 0 bridgehead atoms. The van der Waals surface area contributed by atoms with Crippen molar-refractivity contribution in [2.24, 2.45) is 11.8 Å². The lowest BCUT2D eigenvalue weighted by molar-refractivity contribution is -0.127. The highest BCUT2D eigenvalue weighted by Crippen LogP contribution is 2.21. The molecule has 1 aromatic heterocycles. The molecule has 2 aromatic carbocycles. The van der Waals surface area contributed by atoms with Crippen LogP contribution in [0.25, 0.3) is 11.4 Å². The molecular formula is C29H37N5O2. The summed E-state index contributed by atoms with van der Waals surface area (Å²) < 4.78 is 5.49. The van der Waals surface area contributed by atoms with Gasteiger partial charge in [-0.05, 0) is 55.8 Å². The molecule has 7 nitrogen and oxygen atoms in total. The Bertz CT molecular complexity index is 1130. The number of piperidine rings is 2. The minimum atomic E-state index is -0.0201. The molecule has 3 aromatic rings. The van der Waals surface area contributed by atoms with Crippen molar-refractivity contribution in [1.82, 2.24) is 25.3 Å². The van der Waals surface area contributed by atoms with Gasteiger partial charge in [0.25, 0.3) is 0 Å². The molecular weight excluding hydrogens is 450 g/mol. The predicted molar refractivity (Wildman–Crippen MR) is 140 cm³/mol. The number of carbonyl (C=O) groups is 1. The topological polar surface area (TPSA) is 74.5 Å². The first-order chi connectivity index (χ1) is 17.6. The van der Waals surface area contributed by atoms with Crippen LogP contribution in [0.3, 0.4) is 0 Å². The van der Waals surface area contributed by atoms with E-state index in [9.17, 15) is 4.79 Å². The molecule has 1 N–H and O–H groups in total. The SMILES string of the molecule is CC1CCCN(Cc2cccc(CNC(=O)C3CCCN(Cc4nc(-c5ccccc5)no4)C3)c2)C1. The van der Waals surface area contributed by atoms with Crippen LogP contribution in [0.1, 0.15) is 49.6 Å². The van der Waals surface area contributed by atoms with Crippen molar-refractivity contribution >= 4 is 5.91 Å². The normalized spacial score (nSPS) is 21.4. The van der Waals surface area contributed by atoms with Gasteiger partial charge in [0.2, 0.25) is 17.6 Å². The van der Waals surface area contributed by atoms with E-state index in [4.69, 9.17) is 4.52 Å². The Hall–Kier alpha value is -3.03. The van der Waals surface area contributed by atoms with Gasteiger partial charge in [0.1, 0.15) is 0 Å². The molecule has 5 rings (SSSR count). The van der Waals surface area contributed by atoms with Crippen molar-refractivity contribution in [3.05, 3.63) is 71.6 Å². The van der Waals surface area contributed by atoms with E-state index in [1.54, 1.807) is 0 Å². The minimum absolute atomic E-state index is 0.0201. The number of benzene rings is 2. The van der Waals surface area contributed by atoms with Gasteiger partial charge in [0, 0.05) is 31.7 Å². The van der Waals surface area contributed by atoms with Gasteiger partial charge in [-0.2, -0.15) is 4.98 Å². The average molecular weight is 488 g/mol. The number of rotatable bonds is 8. The maximum Gasteiger partial charge on any atom is 0.241 e. The van der Waals surface area contributed by atoms with Crippen LogP contribution in [0, 0.1) is 11.8 Å². The number of amides is 1. The summed E-state index contributed by atoms with van der Waals surface area (Å²) in [6, 6.07) is 18.5. The molecule has 0 radical (unpaired) electrons. The highest BCUT2D eigenvalue weighted by atomic mass is 16.5. The lowest BCUT2D eigenvalue weighted by Gasteiger charge is -2.31. The molecule has 0 saturated carbocycles. The van der Waals surface area contributed by atoms with Crippen LogP contribution in [0.4, 0.5) is 0 Å². The number of likely N-dealkylation sites (tertiary alicyclic amines) is 2. The first kappa shape index (κ1) is 24.7. The van der Waals surface area contributed by atoms with E-state index in [0.717, 1.165) is 43.0 Å². The molecule has 0 aliphatic carbocycles. The van der Waals surface area contributed by atoms with Crippen LogP contribution >= 0.6 is 0 Å². The van der Waals surface area contributed by atoms with Crippen LogP contribution in [0.15, 0.2) is 59.1 Å². The fraction of sp³-hybridized carbons (Fsp3) is 0.483. The van der Waals surface area contributed by atoms with Crippen molar-refractivity contribution in [1.29, 1.82) is 0 Å². The Labute approximate surface area is 213 Å². The summed E-state index contributed by atoms with van der Waals surface area (Å²) in [5.74, 6) is 2.09. The maximum atomic E-state index is 13.0. The second-order valence-electron chi connectivity index (χ2n) is 10.5. The highest BCUT2D eigenvalue weighted by Gasteiger charge is 2.27. The molecule has 3 heterocycles. The van der Waals surface area contributed by atoms with Gasteiger partial charge >= 0.3 is 0 Å². The molecule has 2 unspecified atom stereocenters. The Morgan fingerprint density at radius 1 is 0.972 bits per heavy atom. The summed E-state index contributed by atoms with van der Waals surface area (Å²) in [5, 5.41) is 7.31. The molecule has 2 fully saturated rings. The van der Waals surface area contributed by atoms with E-state index in [2.05, 4.69) is 56.4 Å². The quantitative estimate of drug-likeness (QED) is 0.504. The van der Waals surface area contributed by atoms with Crippen molar-refractivity contribution in [2.75, 3.05) is 26.2 Å². The largest absolute Gasteiger partial charge is 0.352 e. The lowest BCUT2D eigenvalue weighted by Crippen LogP contribution is -2.42. The van der Waals surface area contributed by atoms with E-state index in [1.165, 1.54) is 31.5 Å². The number of nitrogens with one attached hydrogen (secondary N) is 1. The number of hydrogen-bond acceptors (Lipinski definition) is 6. The number of aromatic nitrogens is 2. The summed E-state index contributed by atoms with van der Waals surface area (Å²) in [6.45, 7) is 8.48. The van der Waals surface area contributed by atoms with Crippen LogP contribution in [0.2, 0.25) is 0 Å². The highest BCUT2D eigenvalue weighted by molar-refractivity contribution is 5.79. The second-order valence-corrected chi connectivity index (χ2v) is 10.5. The Morgan fingerprint density at radius 2 is 1.75 bits per heavy atom. The van der Waals surface area contributed by atoms with Gasteiger partial charge in [-0.1, -0.05) is 66.7 Å². The molecule has 190 valence electrons.